The SMILES string of the molecule is O=C(Cl)c1c(F)cc(I)nc1C(F)F. The topological polar surface area (TPSA) is 30.0 Å². The Labute approximate surface area is 95.6 Å². The summed E-state index contributed by atoms with van der Waals surface area (Å²) in [5, 5.41) is -1.28. The molecule has 1 aromatic heterocycles. The van der Waals surface area contributed by atoms with Crippen LogP contribution in [0.3, 0.4) is 0 Å². The molecule has 1 aromatic rings. The molecule has 0 amide bonds. The van der Waals surface area contributed by atoms with Crippen molar-refractivity contribution in [2.75, 3.05) is 0 Å². The zero-order valence-corrected chi connectivity index (χ0v) is 9.31. The van der Waals surface area contributed by atoms with Gasteiger partial charge in [-0.15, -0.1) is 0 Å². The quantitative estimate of drug-likeness (QED) is 0.472. The zero-order chi connectivity index (χ0) is 10.9. The minimum atomic E-state index is -3.03. The molecule has 0 atom stereocenters. The molecule has 0 aliphatic carbocycles. The van der Waals surface area contributed by atoms with Gasteiger partial charge in [0.05, 0.1) is 5.56 Å². The minimum absolute atomic E-state index is 0.0390. The standard InChI is InChI=1S/C7H2ClF3INO/c8-6(14)4-2(9)1-3(12)13-5(4)7(10)11/h1,7H. The van der Waals surface area contributed by atoms with Crippen molar-refractivity contribution in [3.8, 4) is 0 Å². The average molecular weight is 335 g/mol. The van der Waals surface area contributed by atoms with Crippen LogP contribution in [0.2, 0.25) is 0 Å². The molecule has 0 spiro atoms. The molecular weight excluding hydrogens is 333 g/mol. The third-order valence-electron chi connectivity index (χ3n) is 1.37. The van der Waals surface area contributed by atoms with Crippen LogP contribution in [0.4, 0.5) is 13.2 Å². The smallest absolute Gasteiger partial charge is 0.275 e. The highest BCUT2D eigenvalue weighted by atomic mass is 127. The van der Waals surface area contributed by atoms with E-state index in [9.17, 15) is 18.0 Å². The second-order valence-corrected chi connectivity index (χ2v) is 3.71. The molecule has 0 unspecified atom stereocenters. The molecule has 7 heteroatoms. The van der Waals surface area contributed by atoms with Gasteiger partial charge >= 0.3 is 0 Å². The highest BCUT2D eigenvalue weighted by molar-refractivity contribution is 14.1. The molecule has 0 N–H and O–H groups in total. The van der Waals surface area contributed by atoms with Crippen LogP contribution in [0, 0.1) is 9.52 Å². The lowest BCUT2D eigenvalue weighted by atomic mass is 10.2. The first-order chi connectivity index (χ1) is 6.43. The van der Waals surface area contributed by atoms with E-state index in [0.29, 0.717) is 0 Å². The second kappa shape index (κ2) is 4.43. The summed E-state index contributed by atoms with van der Waals surface area (Å²) in [5.41, 5.74) is -1.78. The van der Waals surface area contributed by atoms with Crippen molar-refractivity contribution < 1.29 is 18.0 Å². The molecule has 14 heavy (non-hydrogen) atoms. The van der Waals surface area contributed by atoms with Crippen molar-refractivity contribution >= 4 is 39.4 Å². The summed E-state index contributed by atoms with van der Waals surface area (Å²) in [5.74, 6) is -1.08. The number of alkyl halides is 2. The Morgan fingerprint density at radius 2 is 2.14 bits per heavy atom. The highest BCUT2D eigenvalue weighted by Gasteiger charge is 2.23. The third-order valence-corrected chi connectivity index (χ3v) is 2.11. The van der Waals surface area contributed by atoms with E-state index in [1.807, 2.05) is 0 Å². The van der Waals surface area contributed by atoms with Gasteiger partial charge in [-0.3, -0.25) is 4.79 Å². The number of carbonyl (C=O) groups is 1. The summed E-state index contributed by atoms with van der Waals surface area (Å²) in [6, 6.07) is 0.863. The second-order valence-electron chi connectivity index (χ2n) is 2.26. The van der Waals surface area contributed by atoms with E-state index >= 15 is 0 Å². The van der Waals surface area contributed by atoms with Crippen molar-refractivity contribution in [3.05, 3.63) is 26.8 Å². The third kappa shape index (κ3) is 2.35. The van der Waals surface area contributed by atoms with Crippen molar-refractivity contribution in [2.24, 2.45) is 0 Å². The fraction of sp³-hybridized carbons (Fsp3) is 0.143. The summed E-state index contributed by atoms with van der Waals surface area (Å²) in [6.07, 6.45) is -3.03. The monoisotopic (exact) mass is 335 g/mol. The molecular formula is C7H2ClF3INO. The zero-order valence-electron chi connectivity index (χ0n) is 6.40. The molecule has 0 aliphatic heterocycles. The van der Waals surface area contributed by atoms with Gasteiger partial charge in [0.2, 0.25) is 0 Å². The van der Waals surface area contributed by atoms with E-state index in [2.05, 4.69) is 4.98 Å². The molecule has 0 radical (unpaired) electrons. The van der Waals surface area contributed by atoms with Crippen LogP contribution in [0.15, 0.2) is 6.07 Å². The van der Waals surface area contributed by atoms with E-state index in [-0.39, 0.29) is 3.70 Å². The summed E-state index contributed by atoms with van der Waals surface area (Å²) in [4.78, 5) is 14.0. The van der Waals surface area contributed by atoms with E-state index in [1.165, 1.54) is 0 Å². The molecule has 1 heterocycles. The van der Waals surface area contributed by atoms with E-state index in [4.69, 9.17) is 11.6 Å². The average Bonchev–Trinajstić information content (AvgIpc) is 2.01. The van der Waals surface area contributed by atoms with Gasteiger partial charge in [-0.1, -0.05) is 0 Å². The van der Waals surface area contributed by atoms with Gasteiger partial charge in [0.1, 0.15) is 15.2 Å². The number of hydrogen-bond acceptors (Lipinski definition) is 2. The molecule has 0 saturated heterocycles. The normalized spacial score (nSPS) is 10.7. The minimum Gasteiger partial charge on any atom is -0.275 e. The fourth-order valence-electron chi connectivity index (χ4n) is 0.855. The molecule has 0 bridgehead atoms. The van der Waals surface area contributed by atoms with Crippen LogP contribution in [0.5, 0.6) is 0 Å². The van der Waals surface area contributed by atoms with Crippen molar-refractivity contribution in [1.29, 1.82) is 0 Å². The van der Waals surface area contributed by atoms with Crippen LogP contribution >= 0.6 is 34.2 Å². The summed E-state index contributed by atoms with van der Waals surface area (Å²) >= 11 is 6.52. The Hall–Kier alpha value is -0.370. The first kappa shape index (κ1) is 11.7. The molecule has 0 saturated carbocycles. The number of rotatable bonds is 2. The molecule has 0 aromatic carbocycles. The lowest BCUT2D eigenvalue weighted by Crippen LogP contribution is -2.06. The number of aromatic nitrogens is 1. The Balaban J connectivity index is 3.44. The number of halogens is 5. The maximum absolute atomic E-state index is 13.0. The van der Waals surface area contributed by atoms with Crippen molar-refractivity contribution in [3.63, 3.8) is 0 Å². The van der Waals surface area contributed by atoms with Gasteiger partial charge in [-0.2, -0.15) is 0 Å². The molecule has 76 valence electrons. The predicted molar refractivity (Wildman–Crippen MR) is 52.1 cm³/mol. The summed E-state index contributed by atoms with van der Waals surface area (Å²) in [7, 11) is 0. The van der Waals surface area contributed by atoms with Gasteiger partial charge < -0.3 is 0 Å². The molecule has 2 nitrogen and oxygen atoms in total. The molecule has 1 rings (SSSR count). The van der Waals surface area contributed by atoms with Crippen LogP contribution in [-0.4, -0.2) is 10.2 Å². The lowest BCUT2D eigenvalue weighted by molar-refractivity contribution is 0.105. The number of nitrogens with zero attached hydrogens (tertiary/aromatic N) is 1. The molecule has 0 fully saturated rings. The Morgan fingerprint density at radius 1 is 1.57 bits per heavy atom. The Kier molecular flexibility index (Phi) is 3.71. The van der Waals surface area contributed by atoms with Crippen LogP contribution in [-0.2, 0) is 0 Å². The summed E-state index contributed by atoms with van der Waals surface area (Å²) in [6.45, 7) is 0. The maximum Gasteiger partial charge on any atom is 0.281 e. The van der Waals surface area contributed by atoms with Crippen LogP contribution < -0.4 is 0 Å². The largest absolute Gasteiger partial charge is 0.281 e. The number of hydrogen-bond donors (Lipinski definition) is 0. The first-order valence-corrected chi connectivity index (χ1v) is 4.73. The summed E-state index contributed by atoms with van der Waals surface area (Å²) < 4.78 is 37.7. The van der Waals surface area contributed by atoms with Crippen LogP contribution in [0.1, 0.15) is 22.5 Å². The fourth-order valence-corrected chi connectivity index (χ4v) is 1.58. The maximum atomic E-state index is 13.0. The van der Waals surface area contributed by atoms with Crippen molar-refractivity contribution in [2.45, 2.75) is 6.43 Å². The van der Waals surface area contributed by atoms with Crippen molar-refractivity contribution in [1.82, 2.24) is 4.98 Å². The van der Waals surface area contributed by atoms with Gasteiger partial charge in [0, 0.05) is 6.07 Å². The molecule has 0 aliphatic rings. The Morgan fingerprint density at radius 3 is 2.57 bits per heavy atom. The van der Waals surface area contributed by atoms with E-state index < -0.39 is 28.7 Å². The van der Waals surface area contributed by atoms with Gasteiger partial charge in [0.15, 0.2) is 0 Å². The number of carbonyl (C=O) groups excluding carboxylic acids is 1. The van der Waals surface area contributed by atoms with E-state index in [1.54, 1.807) is 22.6 Å². The lowest BCUT2D eigenvalue weighted by Gasteiger charge is -2.05. The van der Waals surface area contributed by atoms with Crippen LogP contribution in [0.25, 0.3) is 0 Å². The van der Waals surface area contributed by atoms with E-state index in [0.717, 1.165) is 6.07 Å². The first-order valence-electron chi connectivity index (χ1n) is 3.27. The number of pyridine rings is 1. The Bertz CT molecular complexity index is 385. The van der Waals surface area contributed by atoms with Gasteiger partial charge in [-0.25, -0.2) is 18.2 Å². The predicted octanol–water partition coefficient (Wildman–Crippen LogP) is 3.14. The van der Waals surface area contributed by atoms with Gasteiger partial charge in [-0.05, 0) is 34.2 Å². The van der Waals surface area contributed by atoms with Gasteiger partial charge in [0.25, 0.3) is 11.7 Å². The highest BCUT2D eigenvalue weighted by Crippen LogP contribution is 2.25.